The minimum absolute atomic E-state index is 0.173. The zero-order chi connectivity index (χ0) is 16.3. The van der Waals surface area contributed by atoms with E-state index in [1.165, 1.54) is 24.0 Å². The van der Waals surface area contributed by atoms with Crippen molar-refractivity contribution in [2.75, 3.05) is 6.54 Å². The van der Waals surface area contributed by atoms with Crippen molar-refractivity contribution in [1.29, 1.82) is 0 Å². The molecule has 1 aliphatic heterocycles. The van der Waals surface area contributed by atoms with Gasteiger partial charge in [0, 0.05) is 12.1 Å². The van der Waals surface area contributed by atoms with E-state index in [2.05, 4.69) is 42.2 Å². The van der Waals surface area contributed by atoms with Gasteiger partial charge in [0.25, 0.3) is 0 Å². The molecule has 0 bridgehead atoms. The molecule has 2 aromatic carbocycles. The first-order chi connectivity index (χ1) is 11.1. The first-order valence-corrected chi connectivity index (χ1v) is 8.18. The molecule has 1 aliphatic rings. The molecule has 1 atom stereocenters. The molecule has 0 aromatic heterocycles. The van der Waals surface area contributed by atoms with E-state index in [0.29, 0.717) is 5.56 Å². The number of hydrogen-bond acceptors (Lipinski definition) is 2. The van der Waals surface area contributed by atoms with Gasteiger partial charge in [0.2, 0.25) is 0 Å². The zero-order valence-electron chi connectivity index (χ0n) is 13.5. The maximum Gasteiger partial charge on any atom is 0.335 e. The van der Waals surface area contributed by atoms with Crippen molar-refractivity contribution < 1.29 is 9.90 Å². The normalized spacial score (nSPS) is 21.4. The van der Waals surface area contributed by atoms with Crippen molar-refractivity contribution in [1.82, 2.24) is 4.90 Å². The number of hydrogen-bond donors (Lipinski definition) is 1. The van der Waals surface area contributed by atoms with Crippen LogP contribution in [0.5, 0.6) is 0 Å². The molecular weight excluding hydrogens is 286 g/mol. The van der Waals surface area contributed by atoms with Crippen LogP contribution in [0.2, 0.25) is 0 Å². The monoisotopic (exact) mass is 309 g/mol. The van der Waals surface area contributed by atoms with Crippen LogP contribution >= 0.6 is 0 Å². The molecule has 1 saturated heterocycles. The van der Waals surface area contributed by atoms with E-state index in [0.717, 1.165) is 19.5 Å². The topological polar surface area (TPSA) is 40.5 Å². The summed E-state index contributed by atoms with van der Waals surface area (Å²) in [5.74, 6) is -0.869. The molecule has 1 fully saturated rings. The van der Waals surface area contributed by atoms with Gasteiger partial charge < -0.3 is 5.11 Å². The van der Waals surface area contributed by atoms with Gasteiger partial charge in [-0.3, -0.25) is 4.90 Å². The number of likely N-dealkylation sites (tertiary alicyclic amines) is 1. The predicted molar refractivity (Wildman–Crippen MR) is 91.6 cm³/mol. The van der Waals surface area contributed by atoms with Crippen LogP contribution in [-0.4, -0.2) is 28.1 Å². The lowest BCUT2D eigenvalue weighted by molar-refractivity contribution is 0.0697. The van der Waals surface area contributed by atoms with Crippen LogP contribution in [0.3, 0.4) is 0 Å². The van der Waals surface area contributed by atoms with E-state index >= 15 is 0 Å². The Morgan fingerprint density at radius 2 is 1.78 bits per heavy atom. The zero-order valence-corrected chi connectivity index (χ0v) is 13.5. The Labute approximate surface area is 137 Å². The molecule has 1 unspecified atom stereocenters. The second-order valence-electron chi connectivity index (χ2n) is 6.69. The van der Waals surface area contributed by atoms with Gasteiger partial charge in [-0.05, 0) is 56.0 Å². The van der Waals surface area contributed by atoms with Crippen molar-refractivity contribution >= 4 is 5.97 Å². The van der Waals surface area contributed by atoms with Crippen LogP contribution in [0, 0.1) is 0 Å². The summed E-state index contributed by atoms with van der Waals surface area (Å²) < 4.78 is 0. The lowest BCUT2D eigenvalue weighted by Gasteiger charge is -2.35. The number of benzene rings is 2. The first kappa shape index (κ1) is 15.8. The Hall–Kier alpha value is -2.13. The highest BCUT2D eigenvalue weighted by atomic mass is 16.4. The molecule has 3 rings (SSSR count). The summed E-state index contributed by atoms with van der Waals surface area (Å²) in [5.41, 5.74) is 3.08. The Morgan fingerprint density at radius 1 is 1.09 bits per heavy atom. The molecule has 2 aromatic rings. The summed E-state index contributed by atoms with van der Waals surface area (Å²) in [7, 11) is 0. The summed E-state index contributed by atoms with van der Waals surface area (Å²) in [6.07, 6.45) is 3.48. The van der Waals surface area contributed by atoms with Crippen molar-refractivity contribution in [2.45, 2.75) is 38.3 Å². The number of nitrogens with zero attached hydrogens (tertiary/aromatic N) is 1. The lowest BCUT2D eigenvalue weighted by atomic mass is 9.90. The van der Waals surface area contributed by atoms with Gasteiger partial charge in [0.1, 0.15) is 0 Å². The molecule has 23 heavy (non-hydrogen) atoms. The SMILES string of the molecule is CC1(Cc2ccccc2)CCCN1Cc1ccc(C(=O)O)cc1. The van der Waals surface area contributed by atoms with Crippen LogP contribution in [0.25, 0.3) is 0 Å². The molecule has 0 aliphatic carbocycles. The van der Waals surface area contributed by atoms with Crippen molar-refractivity contribution in [3.05, 3.63) is 71.3 Å². The molecule has 120 valence electrons. The van der Waals surface area contributed by atoms with Gasteiger partial charge in [-0.2, -0.15) is 0 Å². The Kier molecular flexibility index (Phi) is 4.49. The van der Waals surface area contributed by atoms with Crippen molar-refractivity contribution in [2.24, 2.45) is 0 Å². The molecule has 3 nitrogen and oxygen atoms in total. The quantitative estimate of drug-likeness (QED) is 0.908. The standard InChI is InChI=1S/C20H23NO2/c1-20(14-16-6-3-2-4-7-16)12-5-13-21(20)15-17-8-10-18(11-9-17)19(22)23/h2-4,6-11H,5,12-15H2,1H3,(H,22,23). The molecule has 1 heterocycles. The average molecular weight is 309 g/mol. The predicted octanol–water partition coefficient (Wildman–Crippen LogP) is 3.98. The average Bonchev–Trinajstić information content (AvgIpc) is 2.89. The minimum atomic E-state index is -0.869. The second kappa shape index (κ2) is 6.55. The van der Waals surface area contributed by atoms with E-state index in [1.54, 1.807) is 12.1 Å². The molecule has 0 radical (unpaired) electrons. The first-order valence-electron chi connectivity index (χ1n) is 8.18. The van der Waals surface area contributed by atoms with Gasteiger partial charge in [-0.25, -0.2) is 4.79 Å². The third kappa shape index (κ3) is 3.62. The smallest absolute Gasteiger partial charge is 0.335 e. The number of rotatable bonds is 5. The van der Waals surface area contributed by atoms with Gasteiger partial charge in [-0.1, -0.05) is 42.5 Å². The Morgan fingerprint density at radius 3 is 2.43 bits per heavy atom. The van der Waals surface area contributed by atoms with Crippen molar-refractivity contribution in [3.8, 4) is 0 Å². The van der Waals surface area contributed by atoms with Gasteiger partial charge >= 0.3 is 5.97 Å². The van der Waals surface area contributed by atoms with Crippen LogP contribution in [0.1, 0.15) is 41.3 Å². The van der Waals surface area contributed by atoms with E-state index in [1.807, 2.05) is 12.1 Å². The number of carboxylic acid groups (broad SMARTS) is 1. The van der Waals surface area contributed by atoms with E-state index < -0.39 is 5.97 Å². The molecule has 0 amide bonds. The summed E-state index contributed by atoms with van der Waals surface area (Å²) in [6, 6.07) is 17.9. The number of carboxylic acids is 1. The van der Waals surface area contributed by atoms with Crippen LogP contribution in [0.15, 0.2) is 54.6 Å². The highest BCUT2D eigenvalue weighted by molar-refractivity contribution is 5.87. The third-order valence-electron chi connectivity index (χ3n) is 4.91. The van der Waals surface area contributed by atoms with Gasteiger partial charge in [0.15, 0.2) is 0 Å². The fourth-order valence-corrected chi connectivity index (χ4v) is 3.56. The summed E-state index contributed by atoms with van der Waals surface area (Å²) in [6.45, 7) is 4.33. The summed E-state index contributed by atoms with van der Waals surface area (Å²) in [5, 5.41) is 9.00. The van der Waals surface area contributed by atoms with Gasteiger partial charge in [0.05, 0.1) is 5.56 Å². The highest BCUT2D eigenvalue weighted by Crippen LogP contribution is 2.33. The maximum atomic E-state index is 11.0. The number of carbonyl (C=O) groups is 1. The fourth-order valence-electron chi connectivity index (χ4n) is 3.56. The molecular formula is C20H23NO2. The fraction of sp³-hybridized carbons (Fsp3) is 0.350. The third-order valence-corrected chi connectivity index (χ3v) is 4.91. The Bertz CT molecular complexity index is 666. The number of aromatic carboxylic acids is 1. The molecule has 3 heteroatoms. The van der Waals surface area contributed by atoms with Crippen LogP contribution in [-0.2, 0) is 13.0 Å². The van der Waals surface area contributed by atoms with E-state index in [4.69, 9.17) is 5.11 Å². The summed E-state index contributed by atoms with van der Waals surface area (Å²) >= 11 is 0. The molecule has 1 N–H and O–H groups in total. The van der Waals surface area contributed by atoms with Crippen LogP contribution < -0.4 is 0 Å². The Balaban J connectivity index is 1.72. The highest BCUT2D eigenvalue weighted by Gasteiger charge is 2.36. The van der Waals surface area contributed by atoms with Gasteiger partial charge in [-0.15, -0.1) is 0 Å². The van der Waals surface area contributed by atoms with E-state index in [9.17, 15) is 4.79 Å². The largest absolute Gasteiger partial charge is 0.478 e. The second-order valence-corrected chi connectivity index (χ2v) is 6.69. The van der Waals surface area contributed by atoms with E-state index in [-0.39, 0.29) is 5.54 Å². The molecule has 0 saturated carbocycles. The summed E-state index contributed by atoms with van der Waals surface area (Å²) in [4.78, 5) is 13.5. The molecule has 0 spiro atoms. The van der Waals surface area contributed by atoms with Crippen LogP contribution in [0.4, 0.5) is 0 Å². The lowest BCUT2D eigenvalue weighted by Crippen LogP contribution is -2.42. The van der Waals surface area contributed by atoms with Crippen molar-refractivity contribution in [3.63, 3.8) is 0 Å². The minimum Gasteiger partial charge on any atom is -0.478 e. The maximum absolute atomic E-state index is 11.0.